The van der Waals surface area contributed by atoms with Gasteiger partial charge >= 0.3 is 5.63 Å². The van der Waals surface area contributed by atoms with Crippen molar-refractivity contribution < 1.29 is 8.83 Å². The lowest BCUT2D eigenvalue weighted by Gasteiger charge is -2.07. The summed E-state index contributed by atoms with van der Waals surface area (Å²) in [6, 6.07) is 9.01. The summed E-state index contributed by atoms with van der Waals surface area (Å²) in [5, 5.41) is 12.0. The summed E-state index contributed by atoms with van der Waals surface area (Å²) in [7, 11) is 0. The zero-order valence-corrected chi connectivity index (χ0v) is 16.1. The number of benzene rings is 1. The second-order valence-electron chi connectivity index (χ2n) is 5.52. The first-order chi connectivity index (χ1) is 12.6. The Kier molecular flexibility index (Phi) is 4.84. The molecule has 1 aromatic carbocycles. The molecule has 3 aromatic heterocycles. The Hall–Kier alpha value is -2.09. The minimum Gasteiger partial charge on any atom is -0.423 e. The van der Waals surface area contributed by atoms with Crippen molar-refractivity contribution in [2.75, 3.05) is 0 Å². The van der Waals surface area contributed by atoms with Gasteiger partial charge in [0, 0.05) is 22.2 Å². The highest BCUT2D eigenvalue weighted by atomic mass is 35.5. The maximum absolute atomic E-state index is 11.9. The second-order valence-corrected chi connectivity index (χ2v) is 7.80. The van der Waals surface area contributed by atoms with Crippen LogP contribution in [0.2, 0.25) is 5.02 Å². The van der Waals surface area contributed by atoms with Crippen LogP contribution in [-0.4, -0.2) is 10.2 Å². The van der Waals surface area contributed by atoms with Gasteiger partial charge in [0.2, 0.25) is 0 Å². The van der Waals surface area contributed by atoms with E-state index >= 15 is 0 Å². The molecule has 4 aromatic rings. The van der Waals surface area contributed by atoms with Crippen molar-refractivity contribution in [1.29, 1.82) is 0 Å². The van der Waals surface area contributed by atoms with Crippen molar-refractivity contribution in [3.63, 3.8) is 0 Å². The molecule has 0 unspecified atom stereocenters. The van der Waals surface area contributed by atoms with Crippen LogP contribution in [0.4, 0.5) is 0 Å². The summed E-state index contributed by atoms with van der Waals surface area (Å²) in [5.41, 5.74) is 1.92. The fraction of sp³-hybridized carbons (Fsp3) is 0.167. The molecule has 132 valence electrons. The highest BCUT2D eigenvalue weighted by Crippen LogP contribution is 2.31. The summed E-state index contributed by atoms with van der Waals surface area (Å²) in [6.45, 7) is 2.01. The van der Waals surface area contributed by atoms with Crippen LogP contribution in [0.15, 0.2) is 54.6 Å². The number of hydrogen-bond acceptors (Lipinski definition) is 7. The number of nitrogens with zero attached hydrogens (tertiary/aromatic N) is 2. The SMILES string of the molecule is CCc1cc2oc(=O)cc(CSc3nnc(-c4cccs4)o3)c2cc1Cl. The van der Waals surface area contributed by atoms with Gasteiger partial charge in [-0.05, 0) is 41.1 Å². The van der Waals surface area contributed by atoms with Crippen molar-refractivity contribution in [2.24, 2.45) is 0 Å². The number of rotatable bonds is 5. The maximum atomic E-state index is 11.9. The summed E-state index contributed by atoms with van der Waals surface area (Å²) < 4.78 is 11.0. The predicted octanol–water partition coefficient (Wildman–Crippen LogP) is 5.41. The second kappa shape index (κ2) is 7.26. The third-order valence-corrected chi connectivity index (χ3v) is 5.94. The van der Waals surface area contributed by atoms with E-state index in [0.29, 0.717) is 27.5 Å². The van der Waals surface area contributed by atoms with Gasteiger partial charge in [0.1, 0.15) is 5.58 Å². The van der Waals surface area contributed by atoms with Gasteiger partial charge in [-0.3, -0.25) is 0 Å². The van der Waals surface area contributed by atoms with E-state index in [-0.39, 0.29) is 5.63 Å². The number of aromatic nitrogens is 2. The number of thioether (sulfide) groups is 1. The third kappa shape index (κ3) is 3.42. The summed E-state index contributed by atoms with van der Waals surface area (Å²) >= 11 is 9.24. The van der Waals surface area contributed by atoms with E-state index in [1.165, 1.54) is 29.2 Å². The first kappa shape index (κ1) is 17.3. The van der Waals surface area contributed by atoms with Gasteiger partial charge < -0.3 is 8.83 Å². The molecule has 0 N–H and O–H groups in total. The quantitative estimate of drug-likeness (QED) is 0.327. The van der Waals surface area contributed by atoms with Crippen molar-refractivity contribution >= 4 is 45.7 Å². The molecule has 0 spiro atoms. The molecule has 0 radical (unpaired) electrons. The van der Waals surface area contributed by atoms with Gasteiger partial charge in [-0.15, -0.1) is 21.5 Å². The van der Waals surface area contributed by atoms with Crippen molar-refractivity contribution in [1.82, 2.24) is 10.2 Å². The van der Waals surface area contributed by atoms with Crippen molar-refractivity contribution in [3.05, 3.63) is 62.3 Å². The van der Waals surface area contributed by atoms with E-state index in [9.17, 15) is 4.79 Å². The average molecular weight is 405 g/mol. The van der Waals surface area contributed by atoms with Crippen LogP contribution in [0.1, 0.15) is 18.1 Å². The molecule has 5 nitrogen and oxygen atoms in total. The smallest absolute Gasteiger partial charge is 0.336 e. The zero-order valence-electron chi connectivity index (χ0n) is 13.7. The monoisotopic (exact) mass is 404 g/mol. The molecule has 0 amide bonds. The van der Waals surface area contributed by atoms with Crippen molar-refractivity contribution in [2.45, 2.75) is 24.3 Å². The van der Waals surface area contributed by atoms with Crippen LogP contribution in [0.25, 0.3) is 21.7 Å². The number of hydrogen-bond donors (Lipinski definition) is 0. The predicted molar refractivity (Wildman–Crippen MR) is 104 cm³/mol. The summed E-state index contributed by atoms with van der Waals surface area (Å²) in [5.74, 6) is 0.992. The van der Waals surface area contributed by atoms with E-state index in [4.69, 9.17) is 20.4 Å². The molecule has 0 saturated carbocycles. The molecule has 0 bridgehead atoms. The first-order valence-corrected chi connectivity index (χ1v) is 10.1. The van der Waals surface area contributed by atoms with E-state index in [2.05, 4.69) is 10.2 Å². The standard InChI is InChI=1S/C18H13ClN2O3S2/c1-2-10-6-14-12(8-13(10)19)11(7-16(22)23-14)9-26-18-21-20-17(24-18)15-4-3-5-25-15/h3-8H,2,9H2,1H3. The number of aryl methyl sites for hydroxylation is 1. The van der Waals surface area contributed by atoms with E-state index in [0.717, 1.165) is 27.8 Å². The molecule has 3 heterocycles. The molecule has 0 saturated heterocycles. The van der Waals surface area contributed by atoms with Gasteiger partial charge in [0.25, 0.3) is 11.1 Å². The van der Waals surface area contributed by atoms with Gasteiger partial charge in [0.15, 0.2) is 0 Å². The normalized spacial score (nSPS) is 11.3. The molecule has 8 heteroatoms. The lowest BCUT2D eigenvalue weighted by atomic mass is 10.1. The fourth-order valence-corrected chi connectivity index (χ4v) is 4.28. The molecular formula is C18H13ClN2O3S2. The molecule has 4 rings (SSSR count). The Balaban J connectivity index is 1.63. The Labute approximate surface area is 162 Å². The van der Waals surface area contributed by atoms with Crippen molar-refractivity contribution in [3.8, 4) is 10.8 Å². The van der Waals surface area contributed by atoms with Gasteiger partial charge in [0.05, 0.1) is 4.88 Å². The molecule has 0 aliphatic heterocycles. The van der Waals surface area contributed by atoms with Gasteiger partial charge in [-0.25, -0.2) is 4.79 Å². The highest BCUT2D eigenvalue weighted by Gasteiger charge is 2.13. The Morgan fingerprint density at radius 2 is 2.08 bits per heavy atom. The average Bonchev–Trinajstić information content (AvgIpc) is 3.31. The van der Waals surface area contributed by atoms with Crippen LogP contribution < -0.4 is 5.63 Å². The number of thiophene rings is 1. The van der Waals surface area contributed by atoms with Crippen LogP contribution in [0, 0.1) is 0 Å². The minimum absolute atomic E-state index is 0.387. The van der Waals surface area contributed by atoms with Gasteiger partial charge in [-0.1, -0.05) is 36.4 Å². The lowest BCUT2D eigenvalue weighted by molar-refractivity contribution is 0.466. The molecule has 26 heavy (non-hydrogen) atoms. The van der Waals surface area contributed by atoms with E-state index < -0.39 is 0 Å². The Bertz CT molecular complexity index is 1120. The number of halogens is 1. The van der Waals surface area contributed by atoms with Crippen LogP contribution in [0.3, 0.4) is 0 Å². The van der Waals surface area contributed by atoms with Crippen LogP contribution in [-0.2, 0) is 12.2 Å². The highest BCUT2D eigenvalue weighted by molar-refractivity contribution is 7.98. The lowest BCUT2D eigenvalue weighted by Crippen LogP contribution is -2.00. The Morgan fingerprint density at radius 1 is 1.19 bits per heavy atom. The first-order valence-electron chi connectivity index (χ1n) is 7.89. The maximum Gasteiger partial charge on any atom is 0.336 e. The van der Waals surface area contributed by atoms with Crippen LogP contribution in [0.5, 0.6) is 0 Å². The molecule has 0 aliphatic rings. The molecule has 0 fully saturated rings. The Morgan fingerprint density at radius 3 is 2.85 bits per heavy atom. The zero-order chi connectivity index (χ0) is 18.1. The van der Waals surface area contributed by atoms with E-state index in [1.54, 1.807) is 0 Å². The fourth-order valence-electron chi connectivity index (χ4n) is 2.59. The molecular weight excluding hydrogens is 392 g/mol. The summed E-state index contributed by atoms with van der Waals surface area (Å²) in [6.07, 6.45) is 0.769. The minimum atomic E-state index is -0.387. The summed E-state index contributed by atoms with van der Waals surface area (Å²) in [4.78, 5) is 12.8. The number of fused-ring (bicyclic) bond motifs is 1. The molecule has 0 aliphatic carbocycles. The topological polar surface area (TPSA) is 69.1 Å². The largest absolute Gasteiger partial charge is 0.423 e. The molecule has 0 atom stereocenters. The van der Waals surface area contributed by atoms with Crippen LogP contribution >= 0.6 is 34.7 Å². The van der Waals surface area contributed by atoms with E-state index in [1.807, 2.05) is 36.6 Å². The van der Waals surface area contributed by atoms with Gasteiger partial charge in [-0.2, -0.15) is 0 Å². The third-order valence-electron chi connectivity index (χ3n) is 3.87.